The van der Waals surface area contributed by atoms with E-state index in [2.05, 4.69) is 106 Å². The van der Waals surface area contributed by atoms with Crippen LogP contribution >= 0.6 is 0 Å². The monoisotopic (exact) mass is 975 g/mol. The van der Waals surface area contributed by atoms with Crippen LogP contribution in [0.4, 0.5) is 0 Å². The van der Waals surface area contributed by atoms with Gasteiger partial charge in [-0.2, -0.15) is 0 Å². The van der Waals surface area contributed by atoms with Crippen molar-refractivity contribution in [1.82, 2.24) is 0 Å². The number of allylic oxidation sites excluding steroid dienone is 14. The van der Waals surface area contributed by atoms with Crippen molar-refractivity contribution in [3.05, 3.63) is 85.1 Å². The standard InChI is InChI=1S/C65H114O5/c1-4-7-10-13-16-19-22-25-28-31-32-33-36-39-42-45-48-51-54-57-60-68-61-63(70-65(67)59-56-53-50-47-44-41-38-35-30-27-24-21-18-15-12-9-6-3)62-69-64(66)58-55-52-49-46-43-40-37-34-29-26-23-20-17-14-11-8-5-2/h16-21,25-30,32-33,63H,4-15,22-24,31,34-62H2,1-3H3/b19-16-,20-17-,21-18-,28-25-,29-26-,30-27-,33-32-. The molecule has 5 heteroatoms. The van der Waals surface area contributed by atoms with E-state index in [-0.39, 0.29) is 25.2 Å². The Balaban J connectivity index is 4.33. The quantitative estimate of drug-likeness (QED) is 0.0345. The molecule has 0 saturated heterocycles. The molecule has 0 amide bonds. The molecule has 70 heavy (non-hydrogen) atoms. The molecule has 0 aliphatic rings. The summed E-state index contributed by atoms with van der Waals surface area (Å²) in [4.78, 5) is 25.6. The molecule has 1 atom stereocenters. The van der Waals surface area contributed by atoms with Crippen LogP contribution in [0.2, 0.25) is 0 Å². The van der Waals surface area contributed by atoms with Crippen molar-refractivity contribution in [1.29, 1.82) is 0 Å². The molecule has 5 nitrogen and oxygen atoms in total. The fraction of sp³-hybridized carbons (Fsp3) is 0.754. The topological polar surface area (TPSA) is 61.8 Å². The Morgan fingerprint density at radius 3 is 0.957 bits per heavy atom. The van der Waals surface area contributed by atoms with Crippen LogP contribution in [-0.4, -0.2) is 37.9 Å². The second-order valence-electron chi connectivity index (χ2n) is 19.9. The van der Waals surface area contributed by atoms with E-state index in [4.69, 9.17) is 14.2 Å². The van der Waals surface area contributed by atoms with Crippen LogP contribution in [0.5, 0.6) is 0 Å². The van der Waals surface area contributed by atoms with E-state index in [1.165, 1.54) is 180 Å². The van der Waals surface area contributed by atoms with E-state index < -0.39 is 6.10 Å². The van der Waals surface area contributed by atoms with Gasteiger partial charge in [0, 0.05) is 19.4 Å². The molecule has 0 saturated carbocycles. The molecule has 0 spiro atoms. The van der Waals surface area contributed by atoms with Crippen LogP contribution < -0.4 is 0 Å². The SMILES string of the molecule is CCCCC/C=C\C/C=C\C/C=C\CCCCCCCCCOCC(COC(=O)CCCCCCCCC/C=C\C/C=C\CCCCC)OC(=O)CCCCCCCCC/C=C\C/C=C\CCCCC. The first kappa shape index (κ1) is 67.1. The van der Waals surface area contributed by atoms with E-state index in [9.17, 15) is 9.59 Å². The zero-order valence-electron chi connectivity index (χ0n) is 46.5. The summed E-state index contributed by atoms with van der Waals surface area (Å²) in [5, 5.41) is 0. The van der Waals surface area contributed by atoms with Gasteiger partial charge in [0.2, 0.25) is 0 Å². The number of hydrogen-bond acceptors (Lipinski definition) is 5. The summed E-state index contributed by atoms with van der Waals surface area (Å²) in [5.74, 6) is -0.414. The Morgan fingerprint density at radius 2 is 0.600 bits per heavy atom. The van der Waals surface area contributed by atoms with Gasteiger partial charge in [-0.1, -0.05) is 241 Å². The summed E-state index contributed by atoms with van der Waals surface area (Å²) in [6, 6.07) is 0. The zero-order chi connectivity index (χ0) is 50.6. The minimum atomic E-state index is -0.554. The van der Waals surface area contributed by atoms with Crippen molar-refractivity contribution < 1.29 is 23.8 Å². The molecule has 0 heterocycles. The smallest absolute Gasteiger partial charge is 0.306 e. The van der Waals surface area contributed by atoms with Crippen LogP contribution in [0, 0.1) is 0 Å². The zero-order valence-corrected chi connectivity index (χ0v) is 46.5. The van der Waals surface area contributed by atoms with Gasteiger partial charge >= 0.3 is 11.9 Å². The Morgan fingerprint density at radius 1 is 0.314 bits per heavy atom. The number of carbonyl (C=O) groups is 2. The molecule has 0 bridgehead atoms. The number of esters is 2. The maximum Gasteiger partial charge on any atom is 0.306 e. The van der Waals surface area contributed by atoms with Crippen molar-refractivity contribution in [2.45, 2.75) is 297 Å². The lowest BCUT2D eigenvalue weighted by molar-refractivity contribution is -0.163. The van der Waals surface area contributed by atoms with Crippen molar-refractivity contribution in [3.63, 3.8) is 0 Å². The molecule has 0 N–H and O–H groups in total. The molecular formula is C65H114O5. The van der Waals surface area contributed by atoms with Gasteiger partial charge < -0.3 is 14.2 Å². The highest BCUT2D eigenvalue weighted by molar-refractivity contribution is 5.70. The lowest BCUT2D eigenvalue weighted by Crippen LogP contribution is -2.30. The van der Waals surface area contributed by atoms with Crippen LogP contribution in [-0.2, 0) is 23.8 Å². The molecule has 1 unspecified atom stereocenters. The maximum absolute atomic E-state index is 12.9. The Labute approximate surface area is 435 Å². The van der Waals surface area contributed by atoms with Crippen molar-refractivity contribution >= 4 is 11.9 Å². The van der Waals surface area contributed by atoms with Crippen molar-refractivity contribution in [3.8, 4) is 0 Å². The minimum Gasteiger partial charge on any atom is -0.462 e. The lowest BCUT2D eigenvalue weighted by atomic mass is 10.1. The maximum atomic E-state index is 12.9. The number of hydrogen-bond donors (Lipinski definition) is 0. The number of rotatable bonds is 55. The molecule has 0 aliphatic carbocycles. The molecule has 0 radical (unpaired) electrons. The third-order valence-electron chi connectivity index (χ3n) is 12.9. The van der Waals surface area contributed by atoms with Crippen LogP contribution in [0.3, 0.4) is 0 Å². The number of ether oxygens (including phenoxy) is 3. The Hall–Kier alpha value is -2.92. The number of unbranched alkanes of at least 4 members (excludes halogenated alkanes) is 30. The van der Waals surface area contributed by atoms with E-state index in [0.29, 0.717) is 19.4 Å². The fourth-order valence-electron chi connectivity index (χ4n) is 8.34. The molecule has 0 rings (SSSR count). The van der Waals surface area contributed by atoms with E-state index >= 15 is 0 Å². The van der Waals surface area contributed by atoms with Gasteiger partial charge in [0.25, 0.3) is 0 Å². The summed E-state index contributed by atoms with van der Waals surface area (Å²) in [6.07, 6.45) is 80.3. The largest absolute Gasteiger partial charge is 0.462 e. The summed E-state index contributed by atoms with van der Waals surface area (Å²) < 4.78 is 17.5. The molecule has 0 fully saturated rings. The van der Waals surface area contributed by atoms with Crippen molar-refractivity contribution in [2.24, 2.45) is 0 Å². The first-order chi connectivity index (χ1) is 34.6. The third-order valence-corrected chi connectivity index (χ3v) is 12.9. The summed E-state index contributed by atoms with van der Waals surface area (Å²) in [5.41, 5.74) is 0. The van der Waals surface area contributed by atoms with Gasteiger partial charge in [0.1, 0.15) is 6.61 Å². The molecular weight excluding hydrogens is 861 g/mol. The van der Waals surface area contributed by atoms with Gasteiger partial charge in [0.15, 0.2) is 6.10 Å². The minimum absolute atomic E-state index is 0.0714. The highest BCUT2D eigenvalue weighted by atomic mass is 16.6. The fourth-order valence-corrected chi connectivity index (χ4v) is 8.34. The molecule has 0 aromatic heterocycles. The van der Waals surface area contributed by atoms with Gasteiger partial charge in [-0.25, -0.2) is 0 Å². The Bertz CT molecular complexity index is 1290. The third kappa shape index (κ3) is 57.7. The van der Waals surface area contributed by atoms with Gasteiger partial charge in [-0.15, -0.1) is 0 Å². The van der Waals surface area contributed by atoms with Gasteiger partial charge in [-0.3, -0.25) is 9.59 Å². The summed E-state index contributed by atoms with van der Waals surface area (Å²) >= 11 is 0. The van der Waals surface area contributed by atoms with Crippen LogP contribution in [0.25, 0.3) is 0 Å². The molecule has 0 aliphatic heterocycles. The molecule has 0 aromatic rings. The predicted octanol–water partition coefficient (Wildman–Crippen LogP) is 20.8. The molecule has 0 aromatic carbocycles. The van der Waals surface area contributed by atoms with E-state index in [1.807, 2.05) is 0 Å². The summed E-state index contributed by atoms with van der Waals surface area (Å²) in [6.45, 7) is 7.74. The first-order valence-corrected chi connectivity index (χ1v) is 30.1. The first-order valence-electron chi connectivity index (χ1n) is 30.1. The predicted molar refractivity (Wildman–Crippen MR) is 307 cm³/mol. The van der Waals surface area contributed by atoms with E-state index in [1.54, 1.807) is 0 Å². The van der Waals surface area contributed by atoms with Gasteiger partial charge in [0.05, 0.1) is 6.61 Å². The van der Waals surface area contributed by atoms with Crippen LogP contribution in [0.1, 0.15) is 290 Å². The summed E-state index contributed by atoms with van der Waals surface area (Å²) in [7, 11) is 0. The van der Waals surface area contributed by atoms with Gasteiger partial charge in [-0.05, 0) is 122 Å². The number of carbonyl (C=O) groups excluding carboxylic acids is 2. The molecule has 404 valence electrons. The highest BCUT2D eigenvalue weighted by Gasteiger charge is 2.17. The Kier molecular flexibility index (Phi) is 57.9. The van der Waals surface area contributed by atoms with E-state index in [0.717, 1.165) is 77.0 Å². The second-order valence-corrected chi connectivity index (χ2v) is 19.9. The lowest BCUT2D eigenvalue weighted by Gasteiger charge is -2.18. The second kappa shape index (κ2) is 60.4. The van der Waals surface area contributed by atoms with Crippen LogP contribution in [0.15, 0.2) is 85.1 Å². The normalized spacial score (nSPS) is 12.8. The highest BCUT2D eigenvalue weighted by Crippen LogP contribution is 2.15. The van der Waals surface area contributed by atoms with Crippen molar-refractivity contribution in [2.75, 3.05) is 19.8 Å². The average Bonchev–Trinajstić information content (AvgIpc) is 3.36. The average molecular weight is 976 g/mol.